The molecule has 0 unspecified atom stereocenters. The lowest BCUT2D eigenvalue weighted by Gasteiger charge is -2.14. The Labute approximate surface area is 151 Å². The van der Waals surface area contributed by atoms with Crippen LogP contribution in [0.2, 0.25) is 0 Å². The second kappa shape index (κ2) is 9.45. The topological polar surface area (TPSA) is 54.9 Å². The Morgan fingerprint density at radius 2 is 1.83 bits per heavy atom. The van der Waals surface area contributed by atoms with Crippen molar-refractivity contribution >= 4 is 21.8 Å². The second-order valence-electron chi connectivity index (χ2n) is 5.63. The van der Waals surface area contributed by atoms with Crippen molar-refractivity contribution in [2.45, 2.75) is 25.9 Å². The van der Waals surface area contributed by atoms with Crippen LogP contribution in [0.15, 0.2) is 53.0 Å². The van der Waals surface area contributed by atoms with Gasteiger partial charge in [-0.05, 0) is 29.8 Å². The molecule has 2 rings (SSSR count). The average Bonchev–Trinajstić information content (AvgIpc) is 2.62. The van der Waals surface area contributed by atoms with E-state index in [0.717, 1.165) is 22.2 Å². The van der Waals surface area contributed by atoms with Crippen LogP contribution in [-0.2, 0) is 11.3 Å². The van der Waals surface area contributed by atoms with E-state index in [1.165, 1.54) is 5.56 Å². The van der Waals surface area contributed by atoms with Crippen LogP contribution in [0.4, 0.5) is 0 Å². The number of methoxy groups -OCH3 is 1. The second-order valence-corrected chi connectivity index (χ2v) is 6.55. The van der Waals surface area contributed by atoms with Crippen molar-refractivity contribution in [1.82, 2.24) is 5.32 Å². The summed E-state index contributed by atoms with van der Waals surface area (Å²) in [6.07, 6.45) is 0.980. The lowest BCUT2D eigenvalue weighted by atomic mass is 10.0. The summed E-state index contributed by atoms with van der Waals surface area (Å²) >= 11 is 3.45. The van der Waals surface area contributed by atoms with Gasteiger partial charge in [0.15, 0.2) is 6.54 Å². The first-order valence-corrected chi connectivity index (χ1v) is 8.90. The van der Waals surface area contributed by atoms with Crippen molar-refractivity contribution in [1.29, 1.82) is 0 Å². The van der Waals surface area contributed by atoms with Gasteiger partial charge in [0.05, 0.1) is 7.11 Å². The van der Waals surface area contributed by atoms with Gasteiger partial charge in [0, 0.05) is 23.0 Å². The zero-order valence-electron chi connectivity index (χ0n) is 14.1. The molecule has 0 aliphatic carbocycles. The molecule has 4 nitrogen and oxygen atoms in total. The van der Waals surface area contributed by atoms with E-state index in [0.29, 0.717) is 19.1 Å². The van der Waals surface area contributed by atoms with Crippen LogP contribution in [0.1, 0.15) is 30.5 Å². The third-order valence-electron chi connectivity index (χ3n) is 3.97. The van der Waals surface area contributed by atoms with Gasteiger partial charge < -0.3 is 15.4 Å². The minimum atomic E-state index is 0.0429. The molecule has 0 saturated carbocycles. The summed E-state index contributed by atoms with van der Waals surface area (Å²) in [6.45, 7) is 3.09. The van der Waals surface area contributed by atoms with E-state index >= 15 is 0 Å². The van der Waals surface area contributed by atoms with Crippen molar-refractivity contribution in [2.75, 3.05) is 13.7 Å². The highest BCUT2D eigenvalue weighted by Crippen LogP contribution is 2.16. The van der Waals surface area contributed by atoms with Gasteiger partial charge >= 0.3 is 0 Å². The van der Waals surface area contributed by atoms with Gasteiger partial charge in [0.2, 0.25) is 0 Å². The highest BCUT2D eigenvalue weighted by Gasteiger charge is 2.14. The Morgan fingerprint density at radius 3 is 2.42 bits per heavy atom. The molecule has 0 aromatic heterocycles. The van der Waals surface area contributed by atoms with Crippen LogP contribution in [0.25, 0.3) is 0 Å². The number of carbonyl (C=O) groups is 1. The number of halogens is 1. The number of rotatable bonds is 8. The number of hydrogen-bond donors (Lipinski definition) is 2. The third kappa shape index (κ3) is 5.65. The zero-order valence-corrected chi connectivity index (χ0v) is 15.7. The normalized spacial score (nSPS) is 11.8. The van der Waals surface area contributed by atoms with Gasteiger partial charge in [-0.3, -0.25) is 4.79 Å². The van der Waals surface area contributed by atoms with Gasteiger partial charge in [-0.2, -0.15) is 0 Å². The molecule has 24 heavy (non-hydrogen) atoms. The molecule has 0 spiro atoms. The summed E-state index contributed by atoms with van der Waals surface area (Å²) < 4.78 is 6.19. The van der Waals surface area contributed by atoms with Crippen molar-refractivity contribution in [3.8, 4) is 5.75 Å². The Kier molecular flexibility index (Phi) is 7.28. The fourth-order valence-electron chi connectivity index (χ4n) is 2.51. The fraction of sp³-hybridized carbons (Fsp3) is 0.316. The van der Waals surface area contributed by atoms with Crippen LogP contribution in [-0.4, -0.2) is 19.6 Å². The number of nitrogens with one attached hydrogen (secondary N) is 1. The summed E-state index contributed by atoms with van der Waals surface area (Å²) in [5.74, 6) is 0.861. The molecule has 0 heterocycles. The Morgan fingerprint density at radius 1 is 1.17 bits per heavy atom. The molecular weight excluding hydrogens is 368 g/mol. The van der Waals surface area contributed by atoms with E-state index in [1.54, 1.807) is 7.11 Å². The van der Waals surface area contributed by atoms with Gasteiger partial charge in [-0.25, -0.2) is 0 Å². The van der Waals surface area contributed by atoms with Gasteiger partial charge in [0.25, 0.3) is 5.91 Å². The van der Waals surface area contributed by atoms with Crippen LogP contribution in [0, 0.1) is 0 Å². The minimum Gasteiger partial charge on any atom is -0.497 e. The van der Waals surface area contributed by atoms with Crippen molar-refractivity contribution < 1.29 is 14.8 Å². The number of nitrogens with two attached hydrogens (primary N) is 1. The molecule has 1 atom stereocenters. The standard InChI is InChI=1S/C19H23BrN2O2/c1-3-18(15-6-8-16(20)9-7-15)21-13-19(23)22-12-14-4-10-17(24-2)11-5-14/h4-11,18,21H,3,12-13H2,1-2H3,(H,22,23)/p+1/t18-/m0/s1. The summed E-state index contributed by atoms with van der Waals surface area (Å²) in [7, 11) is 1.64. The molecule has 0 aliphatic heterocycles. The predicted octanol–water partition coefficient (Wildman–Crippen LogP) is 2.79. The van der Waals surface area contributed by atoms with Gasteiger partial charge in [-0.15, -0.1) is 0 Å². The largest absolute Gasteiger partial charge is 0.497 e. The Bertz CT molecular complexity index is 641. The van der Waals surface area contributed by atoms with Crippen molar-refractivity contribution in [3.05, 3.63) is 64.1 Å². The lowest BCUT2D eigenvalue weighted by molar-refractivity contribution is -0.686. The van der Waals surface area contributed by atoms with E-state index in [1.807, 2.05) is 36.4 Å². The third-order valence-corrected chi connectivity index (χ3v) is 4.50. The number of carbonyl (C=O) groups excluding carboxylic acids is 1. The van der Waals surface area contributed by atoms with E-state index in [4.69, 9.17) is 4.74 Å². The predicted molar refractivity (Wildman–Crippen MR) is 98.8 cm³/mol. The smallest absolute Gasteiger partial charge is 0.275 e. The van der Waals surface area contributed by atoms with Crippen LogP contribution >= 0.6 is 15.9 Å². The Balaban J connectivity index is 1.79. The quantitative estimate of drug-likeness (QED) is 0.726. The summed E-state index contributed by atoms with van der Waals surface area (Å²) in [6, 6.07) is 16.3. The number of hydrogen-bond acceptors (Lipinski definition) is 2. The molecule has 0 bridgehead atoms. The molecule has 2 aromatic rings. The van der Waals surface area contributed by atoms with Crippen LogP contribution in [0.3, 0.4) is 0 Å². The van der Waals surface area contributed by atoms with Gasteiger partial charge in [-0.1, -0.05) is 47.1 Å². The monoisotopic (exact) mass is 391 g/mol. The first-order valence-electron chi connectivity index (χ1n) is 8.10. The average molecular weight is 392 g/mol. The first kappa shape index (κ1) is 18.5. The molecule has 2 aromatic carbocycles. The maximum absolute atomic E-state index is 12.1. The molecule has 0 radical (unpaired) electrons. The SMILES string of the molecule is CC[C@H]([NH2+]CC(=O)NCc1ccc(OC)cc1)c1ccc(Br)cc1. The molecule has 0 saturated heterocycles. The number of amides is 1. The highest BCUT2D eigenvalue weighted by molar-refractivity contribution is 9.10. The summed E-state index contributed by atoms with van der Waals surface area (Å²) in [5, 5.41) is 5.05. The maximum atomic E-state index is 12.1. The zero-order chi connectivity index (χ0) is 17.4. The highest BCUT2D eigenvalue weighted by atomic mass is 79.9. The van der Waals surface area contributed by atoms with E-state index in [-0.39, 0.29) is 5.91 Å². The number of ether oxygens (including phenoxy) is 1. The van der Waals surface area contributed by atoms with E-state index in [9.17, 15) is 4.79 Å². The minimum absolute atomic E-state index is 0.0429. The first-order chi connectivity index (χ1) is 11.6. The number of benzene rings is 2. The van der Waals surface area contributed by atoms with Gasteiger partial charge in [0.1, 0.15) is 11.8 Å². The molecule has 0 fully saturated rings. The number of quaternary nitrogens is 1. The summed E-state index contributed by atoms with van der Waals surface area (Å²) in [5.41, 5.74) is 2.30. The maximum Gasteiger partial charge on any atom is 0.275 e. The fourth-order valence-corrected chi connectivity index (χ4v) is 2.78. The van der Waals surface area contributed by atoms with E-state index in [2.05, 4.69) is 45.6 Å². The van der Waals surface area contributed by atoms with E-state index < -0.39 is 0 Å². The molecule has 0 aliphatic rings. The lowest BCUT2D eigenvalue weighted by Crippen LogP contribution is -2.87. The molecule has 1 amide bonds. The van der Waals surface area contributed by atoms with Crippen molar-refractivity contribution in [3.63, 3.8) is 0 Å². The van der Waals surface area contributed by atoms with Crippen LogP contribution in [0.5, 0.6) is 5.75 Å². The molecule has 5 heteroatoms. The molecule has 128 valence electrons. The summed E-state index contributed by atoms with van der Waals surface area (Å²) in [4.78, 5) is 12.1. The van der Waals surface area contributed by atoms with Crippen LogP contribution < -0.4 is 15.4 Å². The molecular formula is C19H24BrN2O2+. The molecule has 3 N–H and O–H groups in total. The van der Waals surface area contributed by atoms with Crippen molar-refractivity contribution in [2.24, 2.45) is 0 Å². The Hall–Kier alpha value is -1.85.